The van der Waals surface area contributed by atoms with E-state index in [0.717, 1.165) is 116 Å². The Balaban J connectivity index is 2.43. The Morgan fingerprint density at radius 3 is 1.26 bits per heavy atom. The molecule has 5 atom stereocenters. The molecule has 0 amide bonds. The molecule has 13 heteroatoms. The fourth-order valence-corrected chi connectivity index (χ4v) is 10.1. The molecule has 0 radical (unpaired) electrons. The van der Waals surface area contributed by atoms with Gasteiger partial charge in [-0.25, -0.2) is 0 Å². The summed E-state index contributed by atoms with van der Waals surface area (Å²) in [7, 11) is 2.06. The topological polar surface area (TPSA) is 149 Å². The number of hydrogen-bond donors (Lipinski definition) is 1. The molecule has 0 spiro atoms. The molecule has 0 aromatic carbocycles. The van der Waals surface area contributed by atoms with Crippen LogP contribution in [0.5, 0.6) is 0 Å². The summed E-state index contributed by atoms with van der Waals surface area (Å²) in [6.07, 6.45) is 37.8. The van der Waals surface area contributed by atoms with E-state index in [1.165, 1.54) is 103 Å². The van der Waals surface area contributed by atoms with Crippen LogP contribution in [0.1, 0.15) is 259 Å². The second-order valence-corrected chi connectivity index (χ2v) is 22.6. The highest BCUT2D eigenvalue weighted by Crippen LogP contribution is 2.35. The lowest BCUT2D eigenvalue weighted by Crippen LogP contribution is -2.47. The van der Waals surface area contributed by atoms with Gasteiger partial charge in [-0.3, -0.25) is 14.4 Å². The summed E-state index contributed by atoms with van der Waals surface area (Å²) in [5.74, 6) is -0.592. The van der Waals surface area contributed by atoms with Gasteiger partial charge >= 0.3 is 17.9 Å². The second kappa shape index (κ2) is 52.5. The quantitative estimate of drug-likeness (QED) is 0.0455. The van der Waals surface area contributed by atoms with Gasteiger partial charge in [0.2, 0.25) is 0 Å². The van der Waals surface area contributed by atoms with E-state index in [1.807, 2.05) is 6.92 Å². The number of carboxylic acids is 1. The van der Waals surface area contributed by atoms with Crippen LogP contribution in [0.4, 0.5) is 0 Å². The van der Waals surface area contributed by atoms with Crippen LogP contribution < -0.4 is 0 Å². The third-order valence-electron chi connectivity index (χ3n) is 15.5. The zero-order chi connectivity index (χ0) is 55.4. The largest absolute Gasteiger partial charge is 0.481 e. The molecule has 0 aromatic heterocycles. The summed E-state index contributed by atoms with van der Waals surface area (Å²) < 4.78 is 47.3. The molecule has 5 unspecified atom stereocenters. The molecule has 1 aliphatic heterocycles. The van der Waals surface area contributed by atoms with E-state index in [1.54, 1.807) is 0 Å². The van der Waals surface area contributed by atoms with E-state index in [9.17, 15) is 19.5 Å². The van der Waals surface area contributed by atoms with Crippen molar-refractivity contribution in [3.8, 4) is 0 Å². The Hall–Kier alpha value is -1.87. The maximum absolute atomic E-state index is 13.1. The molecule has 1 fully saturated rings. The highest BCUT2D eigenvalue weighted by atomic mass is 16.6. The van der Waals surface area contributed by atoms with Gasteiger partial charge in [-0.2, -0.15) is 0 Å². The van der Waals surface area contributed by atoms with Crippen molar-refractivity contribution in [2.75, 3.05) is 99.5 Å². The molecule has 1 aliphatic rings. The van der Waals surface area contributed by atoms with Gasteiger partial charge in [0.05, 0.1) is 83.3 Å². The Labute approximate surface area is 466 Å². The van der Waals surface area contributed by atoms with Crippen molar-refractivity contribution in [3.05, 3.63) is 0 Å². The number of hydrogen-bond acceptors (Lipinski definition) is 12. The summed E-state index contributed by atoms with van der Waals surface area (Å²) >= 11 is 0. The smallest absolute Gasteiger partial charge is 0.309 e. The molecule has 0 aromatic rings. The van der Waals surface area contributed by atoms with Gasteiger partial charge in [0.15, 0.2) is 0 Å². The monoisotopic (exact) mass is 1080 g/mol. The molecule has 1 N–H and O–H groups in total. The number of piperidine rings is 1. The molecule has 1 rings (SSSR count). The van der Waals surface area contributed by atoms with E-state index in [0.29, 0.717) is 98.7 Å². The van der Waals surface area contributed by atoms with Crippen LogP contribution in [0.3, 0.4) is 0 Å². The minimum Gasteiger partial charge on any atom is -0.481 e. The summed E-state index contributed by atoms with van der Waals surface area (Å²) in [6, 6.07) is 0.206. The molecule has 1 saturated heterocycles. The highest BCUT2D eigenvalue weighted by Gasteiger charge is 2.40. The zero-order valence-electron chi connectivity index (χ0n) is 50.3. The summed E-state index contributed by atoms with van der Waals surface area (Å²) in [5.41, 5.74) is -0.659. The Bertz CT molecular complexity index is 1310. The van der Waals surface area contributed by atoms with Crippen LogP contribution in [0.15, 0.2) is 0 Å². The maximum Gasteiger partial charge on any atom is 0.309 e. The van der Waals surface area contributed by atoms with Crippen LogP contribution in [-0.4, -0.2) is 140 Å². The second-order valence-electron chi connectivity index (χ2n) is 22.6. The first-order valence-corrected chi connectivity index (χ1v) is 31.9. The average molecular weight is 1080 g/mol. The van der Waals surface area contributed by atoms with E-state index < -0.39 is 11.4 Å². The minimum absolute atomic E-state index is 0.0111. The van der Waals surface area contributed by atoms with Gasteiger partial charge in [0, 0.05) is 25.9 Å². The molecular formula is C63H121NO12. The first kappa shape index (κ1) is 72.1. The maximum atomic E-state index is 13.1. The fraction of sp³-hybridized carbons (Fsp3) is 0.952. The Kier molecular flexibility index (Phi) is 49.8. The van der Waals surface area contributed by atoms with Gasteiger partial charge < -0.3 is 47.9 Å². The standard InChI is InChI=1S/C63H121NO12/c1-7-11-15-19-21-29-37-56(35-27-17-13-9-3)60(65)75-44-33-24-23-31-42-72-54-59(55-73-52-51-71-50-49-70-48-47-69-46-39-58-53-63(5,62(67)68)40-41-64(58)6)74-43-32-25-26-34-45-76-61(66)57(36-28-18-14-10-4)38-30-22-20-16-12-8-2/h56-59H,7-55H2,1-6H3,(H,67,68). The van der Waals surface area contributed by atoms with Gasteiger partial charge in [-0.1, -0.05) is 169 Å². The molecule has 450 valence electrons. The lowest BCUT2D eigenvalue weighted by Gasteiger charge is -2.41. The van der Waals surface area contributed by atoms with Crippen LogP contribution >= 0.6 is 0 Å². The third kappa shape index (κ3) is 41.2. The lowest BCUT2D eigenvalue weighted by atomic mass is 9.76. The highest BCUT2D eigenvalue weighted by molar-refractivity contribution is 5.74. The number of unbranched alkanes of at least 4 members (excludes halogenated alkanes) is 22. The minimum atomic E-state index is -0.709. The molecule has 13 nitrogen and oxygen atoms in total. The molecule has 0 bridgehead atoms. The normalized spacial score (nSPS) is 17.2. The van der Waals surface area contributed by atoms with Gasteiger partial charge in [0.25, 0.3) is 0 Å². The number of carbonyl (C=O) groups is 3. The van der Waals surface area contributed by atoms with Gasteiger partial charge in [-0.05, 0) is 104 Å². The number of carboxylic acid groups (broad SMARTS) is 1. The van der Waals surface area contributed by atoms with Crippen molar-refractivity contribution < 1.29 is 57.4 Å². The van der Waals surface area contributed by atoms with Crippen molar-refractivity contribution in [1.82, 2.24) is 4.90 Å². The summed E-state index contributed by atoms with van der Waals surface area (Å²) in [5, 5.41) is 9.65. The Morgan fingerprint density at radius 1 is 0.461 bits per heavy atom. The van der Waals surface area contributed by atoms with Crippen LogP contribution in [0.2, 0.25) is 0 Å². The van der Waals surface area contributed by atoms with Crippen molar-refractivity contribution in [1.29, 1.82) is 0 Å². The summed E-state index contributed by atoms with van der Waals surface area (Å²) in [4.78, 5) is 40.1. The van der Waals surface area contributed by atoms with Gasteiger partial charge in [-0.15, -0.1) is 0 Å². The molecule has 0 aliphatic carbocycles. The van der Waals surface area contributed by atoms with Crippen molar-refractivity contribution in [3.63, 3.8) is 0 Å². The zero-order valence-corrected chi connectivity index (χ0v) is 50.3. The number of likely N-dealkylation sites (tertiary alicyclic amines) is 1. The number of rotatable bonds is 58. The number of esters is 2. The van der Waals surface area contributed by atoms with E-state index in [-0.39, 0.29) is 35.9 Å². The predicted octanol–water partition coefficient (Wildman–Crippen LogP) is 14.9. The predicted molar refractivity (Wildman–Crippen MR) is 309 cm³/mol. The van der Waals surface area contributed by atoms with E-state index in [4.69, 9.17) is 37.9 Å². The number of ether oxygens (including phenoxy) is 8. The van der Waals surface area contributed by atoms with Crippen molar-refractivity contribution in [2.45, 2.75) is 271 Å². The van der Waals surface area contributed by atoms with Crippen LogP contribution in [0.25, 0.3) is 0 Å². The third-order valence-corrected chi connectivity index (χ3v) is 15.5. The van der Waals surface area contributed by atoms with Crippen LogP contribution in [-0.2, 0) is 52.3 Å². The van der Waals surface area contributed by atoms with Crippen molar-refractivity contribution >= 4 is 17.9 Å². The number of carbonyl (C=O) groups excluding carboxylic acids is 2. The van der Waals surface area contributed by atoms with Crippen LogP contribution in [0, 0.1) is 17.3 Å². The SMILES string of the molecule is CCCCCCCCC(CCCCCC)C(=O)OCCCCCCOCC(COCCOCCOCCOCCC1CC(C)(C(=O)O)CCN1C)OCCCCCCOC(=O)C(CCCCCC)CCCCCCCC. The Morgan fingerprint density at radius 2 is 0.816 bits per heavy atom. The number of nitrogens with zero attached hydrogens (tertiary/aromatic N) is 1. The molecule has 0 saturated carbocycles. The molecule has 76 heavy (non-hydrogen) atoms. The number of aliphatic carboxylic acids is 1. The lowest BCUT2D eigenvalue weighted by molar-refractivity contribution is -0.152. The summed E-state index contributed by atoms with van der Waals surface area (Å²) in [6.45, 7) is 18.1. The molecule has 1 heterocycles. The van der Waals surface area contributed by atoms with E-state index in [2.05, 4.69) is 39.6 Å². The fourth-order valence-electron chi connectivity index (χ4n) is 10.1. The first-order valence-electron chi connectivity index (χ1n) is 31.9. The van der Waals surface area contributed by atoms with Gasteiger partial charge in [0.1, 0.15) is 6.10 Å². The van der Waals surface area contributed by atoms with E-state index >= 15 is 0 Å². The average Bonchev–Trinajstić information content (AvgIpc) is 3.41. The molecular weight excluding hydrogens is 963 g/mol. The first-order chi connectivity index (χ1) is 37.1. The van der Waals surface area contributed by atoms with Crippen molar-refractivity contribution in [2.24, 2.45) is 17.3 Å².